The van der Waals surface area contributed by atoms with E-state index in [1.807, 2.05) is 36.4 Å². The third-order valence-corrected chi connectivity index (χ3v) is 6.79. The zero-order valence-corrected chi connectivity index (χ0v) is 20.3. The fraction of sp³-hybridized carbons (Fsp3) is 0.552. The lowest BCUT2D eigenvalue weighted by atomic mass is 9.80. The van der Waals surface area contributed by atoms with Gasteiger partial charge in [0.15, 0.2) is 0 Å². The Kier molecular flexibility index (Phi) is 10.2. The van der Waals surface area contributed by atoms with Crippen LogP contribution in [0, 0.1) is 17.7 Å². The van der Waals surface area contributed by atoms with E-state index in [0.717, 1.165) is 29.9 Å². The van der Waals surface area contributed by atoms with Crippen molar-refractivity contribution in [2.75, 3.05) is 13.2 Å². The molecule has 2 aromatic rings. The van der Waals surface area contributed by atoms with Gasteiger partial charge in [-0.15, -0.1) is 0 Å². The first-order valence-electron chi connectivity index (χ1n) is 12.7. The molecule has 4 heteroatoms. The highest BCUT2D eigenvalue weighted by atomic mass is 19.1. The third kappa shape index (κ3) is 8.49. The Labute approximate surface area is 198 Å². The Morgan fingerprint density at radius 2 is 1.70 bits per heavy atom. The van der Waals surface area contributed by atoms with E-state index in [1.165, 1.54) is 64.4 Å². The van der Waals surface area contributed by atoms with E-state index in [9.17, 15) is 9.18 Å². The van der Waals surface area contributed by atoms with Gasteiger partial charge >= 0.3 is 5.97 Å². The van der Waals surface area contributed by atoms with Crippen LogP contribution in [0.5, 0.6) is 5.75 Å². The zero-order chi connectivity index (χ0) is 23.5. The Balaban J connectivity index is 1.45. The van der Waals surface area contributed by atoms with E-state index in [4.69, 9.17) is 9.47 Å². The van der Waals surface area contributed by atoms with Crippen molar-refractivity contribution in [3.63, 3.8) is 0 Å². The summed E-state index contributed by atoms with van der Waals surface area (Å²) in [5.41, 5.74) is 2.58. The second-order valence-corrected chi connectivity index (χ2v) is 9.48. The van der Waals surface area contributed by atoms with E-state index in [2.05, 4.69) is 6.92 Å². The van der Waals surface area contributed by atoms with Gasteiger partial charge in [-0.05, 0) is 60.8 Å². The number of halogens is 1. The van der Waals surface area contributed by atoms with Gasteiger partial charge in [-0.1, -0.05) is 69.7 Å². The molecule has 1 fully saturated rings. The maximum atomic E-state index is 14.8. The molecule has 0 saturated heterocycles. The monoisotopic (exact) mass is 454 g/mol. The van der Waals surface area contributed by atoms with Gasteiger partial charge in [-0.25, -0.2) is 4.39 Å². The molecule has 2 aromatic carbocycles. The number of hydrogen-bond acceptors (Lipinski definition) is 3. The van der Waals surface area contributed by atoms with E-state index in [0.29, 0.717) is 30.4 Å². The number of carbonyl (C=O) groups excluding carboxylic acids is 1. The average molecular weight is 455 g/mol. The Bertz CT molecular complexity index is 854. The molecular weight excluding hydrogens is 415 g/mol. The van der Waals surface area contributed by atoms with Crippen LogP contribution in [-0.4, -0.2) is 19.2 Å². The van der Waals surface area contributed by atoms with E-state index >= 15 is 0 Å². The number of ether oxygens (including phenoxy) is 2. The quantitative estimate of drug-likeness (QED) is 0.243. The van der Waals surface area contributed by atoms with Crippen LogP contribution in [0.2, 0.25) is 0 Å². The van der Waals surface area contributed by atoms with Crippen molar-refractivity contribution < 1.29 is 18.7 Å². The molecule has 0 heterocycles. The van der Waals surface area contributed by atoms with Gasteiger partial charge in [-0.3, -0.25) is 4.79 Å². The van der Waals surface area contributed by atoms with Crippen LogP contribution in [-0.2, 0) is 16.0 Å². The highest BCUT2D eigenvalue weighted by Crippen LogP contribution is 2.33. The standard InChI is InChI=1S/C29H39FO3/c1-3-4-5-7-23-9-11-25(12-10-23)21-33-27-17-18-28(29(30)20-27)26-15-13-24(14-16-26)8-6-19-32-22(2)31/h13-18,20,23,25H,3-12,19,21H2,1-2H3. The van der Waals surface area contributed by atoms with Gasteiger partial charge in [0.25, 0.3) is 0 Å². The number of rotatable bonds is 12. The number of benzene rings is 2. The summed E-state index contributed by atoms with van der Waals surface area (Å²) in [6.07, 6.45) is 12.1. The lowest BCUT2D eigenvalue weighted by Gasteiger charge is -2.28. The number of hydrogen-bond donors (Lipinski definition) is 0. The summed E-state index contributed by atoms with van der Waals surface area (Å²) in [7, 11) is 0. The van der Waals surface area contributed by atoms with Gasteiger partial charge in [-0.2, -0.15) is 0 Å². The molecular formula is C29H39FO3. The first-order chi connectivity index (χ1) is 16.0. The van der Waals surface area contributed by atoms with Crippen LogP contribution in [0.1, 0.15) is 77.2 Å². The molecule has 0 radical (unpaired) electrons. The fourth-order valence-electron chi connectivity index (χ4n) is 4.75. The molecule has 0 N–H and O–H groups in total. The predicted molar refractivity (Wildman–Crippen MR) is 132 cm³/mol. The molecule has 0 spiro atoms. The van der Waals surface area contributed by atoms with Crippen molar-refractivity contribution in [1.82, 2.24) is 0 Å². The van der Waals surface area contributed by atoms with E-state index in [1.54, 1.807) is 0 Å². The minimum absolute atomic E-state index is 0.251. The minimum Gasteiger partial charge on any atom is -0.493 e. The summed E-state index contributed by atoms with van der Waals surface area (Å²) >= 11 is 0. The number of unbranched alkanes of at least 4 members (excludes halogenated alkanes) is 2. The maximum Gasteiger partial charge on any atom is 0.302 e. The van der Waals surface area contributed by atoms with Crippen molar-refractivity contribution in [2.45, 2.75) is 78.1 Å². The van der Waals surface area contributed by atoms with Crippen LogP contribution in [0.15, 0.2) is 42.5 Å². The van der Waals surface area contributed by atoms with Gasteiger partial charge in [0.1, 0.15) is 11.6 Å². The van der Waals surface area contributed by atoms with Gasteiger partial charge in [0.05, 0.1) is 13.2 Å². The topological polar surface area (TPSA) is 35.5 Å². The molecule has 180 valence electrons. The third-order valence-electron chi connectivity index (χ3n) is 6.79. The van der Waals surface area contributed by atoms with Crippen molar-refractivity contribution in [1.29, 1.82) is 0 Å². The molecule has 3 nitrogen and oxygen atoms in total. The Morgan fingerprint density at radius 1 is 0.970 bits per heavy atom. The van der Waals surface area contributed by atoms with Gasteiger partial charge in [0, 0.05) is 18.6 Å². The number of carbonyl (C=O) groups is 1. The normalized spacial score (nSPS) is 18.2. The van der Waals surface area contributed by atoms with Crippen molar-refractivity contribution >= 4 is 5.97 Å². The van der Waals surface area contributed by atoms with Crippen LogP contribution in [0.25, 0.3) is 11.1 Å². The van der Waals surface area contributed by atoms with Crippen LogP contribution in [0.4, 0.5) is 4.39 Å². The molecule has 0 bridgehead atoms. The SMILES string of the molecule is CCCCCC1CCC(COc2ccc(-c3ccc(CCCOC(C)=O)cc3)c(F)c2)CC1. The summed E-state index contributed by atoms with van der Waals surface area (Å²) in [5.74, 6) is 1.59. The largest absolute Gasteiger partial charge is 0.493 e. The lowest BCUT2D eigenvalue weighted by Crippen LogP contribution is -2.20. The summed E-state index contributed by atoms with van der Waals surface area (Å²) in [5, 5.41) is 0. The second-order valence-electron chi connectivity index (χ2n) is 9.48. The fourth-order valence-corrected chi connectivity index (χ4v) is 4.75. The number of esters is 1. The summed E-state index contributed by atoms with van der Waals surface area (Å²) in [4.78, 5) is 10.8. The molecule has 0 amide bonds. The average Bonchev–Trinajstić information content (AvgIpc) is 2.82. The first-order valence-corrected chi connectivity index (χ1v) is 12.7. The van der Waals surface area contributed by atoms with E-state index in [-0.39, 0.29) is 11.8 Å². The molecule has 33 heavy (non-hydrogen) atoms. The molecule has 0 unspecified atom stereocenters. The summed E-state index contributed by atoms with van der Waals surface area (Å²) in [6, 6.07) is 13.1. The van der Waals surface area contributed by atoms with E-state index < -0.39 is 0 Å². The minimum atomic E-state index is -0.255. The van der Waals surface area contributed by atoms with Gasteiger partial charge < -0.3 is 9.47 Å². The molecule has 1 aliphatic carbocycles. The van der Waals surface area contributed by atoms with Crippen molar-refractivity contribution in [2.24, 2.45) is 11.8 Å². The molecule has 1 saturated carbocycles. The Morgan fingerprint density at radius 3 is 2.36 bits per heavy atom. The highest BCUT2D eigenvalue weighted by molar-refractivity contribution is 5.66. The molecule has 0 aliphatic heterocycles. The molecule has 0 aromatic heterocycles. The molecule has 1 aliphatic rings. The highest BCUT2D eigenvalue weighted by Gasteiger charge is 2.21. The van der Waals surface area contributed by atoms with Gasteiger partial charge in [0.2, 0.25) is 0 Å². The number of aryl methyl sites for hydroxylation is 1. The smallest absolute Gasteiger partial charge is 0.302 e. The molecule has 0 atom stereocenters. The molecule has 3 rings (SSSR count). The second kappa shape index (κ2) is 13.4. The zero-order valence-electron chi connectivity index (χ0n) is 20.3. The van der Waals surface area contributed by atoms with Crippen LogP contribution < -0.4 is 4.74 Å². The Hall–Kier alpha value is -2.36. The maximum absolute atomic E-state index is 14.8. The van der Waals surface area contributed by atoms with Crippen molar-refractivity contribution in [3.8, 4) is 16.9 Å². The van der Waals surface area contributed by atoms with Crippen molar-refractivity contribution in [3.05, 3.63) is 53.8 Å². The van der Waals surface area contributed by atoms with Crippen LogP contribution in [0.3, 0.4) is 0 Å². The summed E-state index contributed by atoms with van der Waals surface area (Å²) < 4.78 is 25.7. The lowest BCUT2D eigenvalue weighted by molar-refractivity contribution is -0.141. The first kappa shape index (κ1) is 25.3. The van der Waals surface area contributed by atoms with Crippen LogP contribution >= 0.6 is 0 Å². The predicted octanol–water partition coefficient (Wildman–Crippen LogP) is 7.75. The summed E-state index contributed by atoms with van der Waals surface area (Å²) in [6.45, 7) is 4.79.